The van der Waals surface area contributed by atoms with Crippen molar-refractivity contribution in [2.24, 2.45) is 0 Å². The molecular formula is C16H15O. The van der Waals surface area contributed by atoms with Crippen LogP contribution >= 0.6 is 0 Å². The van der Waals surface area contributed by atoms with Crippen molar-refractivity contribution >= 4 is 5.78 Å². The van der Waals surface area contributed by atoms with Gasteiger partial charge in [0.25, 0.3) is 0 Å². The minimum Gasteiger partial charge on any atom is -0.289 e. The normalized spacial score (nSPS) is 10.2. The standard InChI is InChI=1S/C16H15O/c1-2-8-13-9-6-7-12-15(13)16(17)14-10-4-3-5-11-14/h3-7,9-12H,1-2,8H2. The third-order valence-electron chi connectivity index (χ3n) is 2.74. The Morgan fingerprint density at radius 2 is 1.59 bits per heavy atom. The van der Waals surface area contributed by atoms with Crippen molar-refractivity contribution in [1.29, 1.82) is 0 Å². The summed E-state index contributed by atoms with van der Waals surface area (Å²) >= 11 is 0. The summed E-state index contributed by atoms with van der Waals surface area (Å²) in [5.74, 6) is 0.0923. The van der Waals surface area contributed by atoms with Crippen molar-refractivity contribution in [3.63, 3.8) is 0 Å². The van der Waals surface area contributed by atoms with Crippen LogP contribution in [0.4, 0.5) is 0 Å². The number of benzene rings is 2. The molecule has 85 valence electrons. The maximum absolute atomic E-state index is 12.3. The number of aryl methyl sites for hydroxylation is 1. The molecule has 0 aliphatic rings. The van der Waals surface area contributed by atoms with Gasteiger partial charge in [0.2, 0.25) is 0 Å². The van der Waals surface area contributed by atoms with E-state index in [0.29, 0.717) is 0 Å². The molecule has 0 aliphatic carbocycles. The first-order chi connectivity index (χ1) is 8.33. The average Bonchev–Trinajstić information content (AvgIpc) is 2.40. The highest BCUT2D eigenvalue weighted by molar-refractivity contribution is 6.09. The second kappa shape index (κ2) is 5.44. The van der Waals surface area contributed by atoms with Gasteiger partial charge >= 0.3 is 0 Å². The molecule has 17 heavy (non-hydrogen) atoms. The molecule has 0 saturated carbocycles. The fourth-order valence-corrected chi connectivity index (χ4v) is 1.90. The van der Waals surface area contributed by atoms with E-state index >= 15 is 0 Å². The predicted octanol–water partition coefficient (Wildman–Crippen LogP) is 3.68. The molecule has 2 rings (SSSR count). The first-order valence-corrected chi connectivity index (χ1v) is 5.80. The molecular weight excluding hydrogens is 208 g/mol. The molecule has 0 atom stereocenters. The van der Waals surface area contributed by atoms with Crippen LogP contribution in [0.1, 0.15) is 27.9 Å². The summed E-state index contributed by atoms with van der Waals surface area (Å²) in [6.45, 7) is 3.84. The lowest BCUT2D eigenvalue weighted by atomic mass is 9.96. The van der Waals surface area contributed by atoms with Crippen molar-refractivity contribution in [3.8, 4) is 0 Å². The Hall–Kier alpha value is -1.89. The fraction of sp³-hybridized carbons (Fsp3) is 0.125. The molecule has 1 nitrogen and oxygen atoms in total. The molecule has 2 aromatic carbocycles. The lowest BCUT2D eigenvalue weighted by Crippen LogP contribution is -2.05. The summed E-state index contributed by atoms with van der Waals surface area (Å²) in [7, 11) is 0. The molecule has 2 aromatic rings. The quantitative estimate of drug-likeness (QED) is 0.722. The van der Waals surface area contributed by atoms with Gasteiger partial charge in [-0.25, -0.2) is 0 Å². The minimum atomic E-state index is 0.0923. The third kappa shape index (κ3) is 2.62. The van der Waals surface area contributed by atoms with E-state index in [-0.39, 0.29) is 5.78 Å². The topological polar surface area (TPSA) is 17.1 Å². The molecule has 0 fully saturated rings. The zero-order valence-electron chi connectivity index (χ0n) is 9.73. The van der Waals surface area contributed by atoms with Crippen LogP contribution in [0, 0.1) is 6.92 Å². The summed E-state index contributed by atoms with van der Waals surface area (Å²) in [6.07, 6.45) is 1.65. The number of rotatable bonds is 4. The molecule has 0 spiro atoms. The van der Waals surface area contributed by atoms with Crippen LogP contribution in [0.2, 0.25) is 0 Å². The van der Waals surface area contributed by atoms with Crippen LogP contribution in [0.15, 0.2) is 54.6 Å². The summed E-state index contributed by atoms with van der Waals surface area (Å²) in [6, 6.07) is 17.1. The number of carbonyl (C=O) groups excluding carboxylic acids is 1. The van der Waals surface area contributed by atoms with Gasteiger partial charge in [-0.2, -0.15) is 0 Å². The number of ketones is 1. The largest absolute Gasteiger partial charge is 0.289 e. The average molecular weight is 223 g/mol. The zero-order valence-corrected chi connectivity index (χ0v) is 9.73. The van der Waals surface area contributed by atoms with E-state index in [1.54, 1.807) is 0 Å². The summed E-state index contributed by atoms with van der Waals surface area (Å²) in [5.41, 5.74) is 2.61. The minimum absolute atomic E-state index is 0.0923. The van der Waals surface area contributed by atoms with E-state index in [1.165, 1.54) is 0 Å². The summed E-state index contributed by atoms with van der Waals surface area (Å²) < 4.78 is 0. The van der Waals surface area contributed by atoms with Crippen molar-refractivity contribution in [2.45, 2.75) is 12.8 Å². The van der Waals surface area contributed by atoms with E-state index in [0.717, 1.165) is 29.5 Å². The van der Waals surface area contributed by atoms with Crippen molar-refractivity contribution < 1.29 is 4.79 Å². The van der Waals surface area contributed by atoms with Gasteiger partial charge in [0.05, 0.1) is 0 Å². The smallest absolute Gasteiger partial charge is 0.193 e. The van der Waals surface area contributed by atoms with Gasteiger partial charge in [-0.05, 0) is 18.4 Å². The van der Waals surface area contributed by atoms with E-state index < -0.39 is 0 Å². The Balaban J connectivity index is 2.37. The Morgan fingerprint density at radius 3 is 2.29 bits per heavy atom. The molecule has 0 aromatic heterocycles. The third-order valence-corrected chi connectivity index (χ3v) is 2.74. The van der Waals surface area contributed by atoms with Crippen LogP contribution in [-0.2, 0) is 6.42 Å². The van der Waals surface area contributed by atoms with Gasteiger partial charge in [-0.1, -0.05) is 61.5 Å². The predicted molar refractivity (Wildman–Crippen MR) is 70.0 cm³/mol. The maximum atomic E-state index is 12.3. The summed E-state index contributed by atoms with van der Waals surface area (Å²) in [4.78, 5) is 12.3. The van der Waals surface area contributed by atoms with E-state index in [9.17, 15) is 4.79 Å². The van der Waals surface area contributed by atoms with Gasteiger partial charge in [-0.3, -0.25) is 4.79 Å². The van der Waals surface area contributed by atoms with Crippen LogP contribution < -0.4 is 0 Å². The molecule has 1 radical (unpaired) electrons. The molecule has 0 heterocycles. The number of hydrogen-bond donors (Lipinski definition) is 0. The fourth-order valence-electron chi connectivity index (χ4n) is 1.90. The number of hydrogen-bond acceptors (Lipinski definition) is 1. The molecule has 0 unspecified atom stereocenters. The van der Waals surface area contributed by atoms with Gasteiger partial charge in [0.15, 0.2) is 5.78 Å². The first-order valence-electron chi connectivity index (χ1n) is 5.80. The van der Waals surface area contributed by atoms with Crippen LogP contribution in [0.25, 0.3) is 0 Å². The van der Waals surface area contributed by atoms with E-state index in [1.807, 2.05) is 54.6 Å². The van der Waals surface area contributed by atoms with E-state index in [4.69, 9.17) is 0 Å². The highest BCUT2D eigenvalue weighted by Crippen LogP contribution is 2.15. The Morgan fingerprint density at radius 1 is 0.941 bits per heavy atom. The Kier molecular flexibility index (Phi) is 3.71. The Bertz CT molecular complexity index is 500. The van der Waals surface area contributed by atoms with Crippen molar-refractivity contribution in [1.82, 2.24) is 0 Å². The monoisotopic (exact) mass is 223 g/mol. The zero-order chi connectivity index (χ0) is 12.1. The molecule has 0 amide bonds. The molecule has 1 heteroatoms. The molecule has 0 bridgehead atoms. The highest BCUT2D eigenvalue weighted by atomic mass is 16.1. The second-order valence-corrected chi connectivity index (χ2v) is 3.96. The SMILES string of the molecule is [CH2]CCc1ccccc1C(=O)c1ccccc1. The van der Waals surface area contributed by atoms with Crippen LogP contribution in [0.5, 0.6) is 0 Å². The highest BCUT2D eigenvalue weighted by Gasteiger charge is 2.11. The van der Waals surface area contributed by atoms with Gasteiger partial charge in [0.1, 0.15) is 0 Å². The maximum Gasteiger partial charge on any atom is 0.193 e. The molecule has 0 aliphatic heterocycles. The van der Waals surface area contributed by atoms with Gasteiger partial charge in [-0.15, -0.1) is 0 Å². The van der Waals surface area contributed by atoms with Crippen molar-refractivity contribution in [2.75, 3.05) is 0 Å². The summed E-state index contributed by atoms with van der Waals surface area (Å²) in [5, 5.41) is 0. The lowest BCUT2D eigenvalue weighted by molar-refractivity contribution is 0.103. The molecule has 0 saturated heterocycles. The van der Waals surface area contributed by atoms with Gasteiger partial charge in [0, 0.05) is 11.1 Å². The van der Waals surface area contributed by atoms with Gasteiger partial charge < -0.3 is 0 Å². The van der Waals surface area contributed by atoms with E-state index in [2.05, 4.69) is 6.92 Å². The van der Waals surface area contributed by atoms with Crippen LogP contribution in [0.3, 0.4) is 0 Å². The molecule has 0 N–H and O–H groups in total. The first kappa shape index (κ1) is 11.6. The van der Waals surface area contributed by atoms with Crippen molar-refractivity contribution in [3.05, 3.63) is 78.2 Å². The lowest BCUT2D eigenvalue weighted by Gasteiger charge is -2.07. The number of carbonyl (C=O) groups is 1. The second-order valence-electron chi connectivity index (χ2n) is 3.96. The Labute approximate surface area is 102 Å². The van der Waals surface area contributed by atoms with Crippen LogP contribution in [-0.4, -0.2) is 5.78 Å².